The first-order valence-corrected chi connectivity index (χ1v) is 9.49. The van der Waals surface area contributed by atoms with Gasteiger partial charge in [-0.3, -0.25) is 4.79 Å². The fraction of sp³-hybridized carbons (Fsp3) is 0.435. The number of benzene rings is 2. The van der Waals surface area contributed by atoms with E-state index in [1.807, 2.05) is 38.1 Å². The standard InChI is InChI=1S/C23H31NO3/c1-15(2)21-10-7-16(3)11-22(21)27-14-23(25)24-19(6)13-26-20-9-8-17(4)18(5)12-20/h7-12,15,19H,13-14H2,1-6H3,(H,24,25). The van der Waals surface area contributed by atoms with E-state index in [4.69, 9.17) is 9.47 Å². The number of amides is 1. The molecule has 0 aliphatic heterocycles. The fourth-order valence-corrected chi connectivity index (χ4v) is 2.77. The molecule has 0 radical (unpaired) electrons. The Labute approximate surface area is 162 Å². The summed E-state index contributed by atoms with van der Waals surface area (Å²) in [6.07, 6.45) is 0. The van der Waals surface area contributed by atoms with Gasteiger partial charge in [0.15, 0.2) is 6.61 Å². The maximum Gasteiger partial charge on any atom is 0.258 e. The number of ether oxygens (including phenoxy) is 2. The average Bonchev–Trinajstić information content (AvgIpc) is 2.60. The molecule has 0 aliphatic rings. The van der Waals surface area contributed by atoms with Crippen LogP contribution in [0.4, 0.5) is 0 Å². The molecule has 0 heterocycles. The van der Waals surface area contributed by atoms with Crippen molar-refractivity contribution in [2.75, 3.05) is 13.2 Å². The summed E-state index contributed by atoms with van der Waals surface area (Å²) in [5.74, 6) is 1.78. The van der Waals surface area contributed by atoms with Crippen molar-refractivity contribution in [3.8, 4) is 11.5 Å². The van der Waals surface area contributed by atoms with Gasteiger partial charge in [0, 0.05) is 0 Å². The number of carbonyl (C=O) groups excluding carboxylic acids is 1. The van der Waals surface area contributed by atoms with E-state index in [9.17, 15) is 4.79 Å². The summed E-state index contributed by atoms with van der Waals surface area (Å²) in [7, 11) is 0. The van der Waals surface area contributed by atoms with Gasteiger partial charge in [0.2, 0.25) is 0 Å². The largest absolute Gasteiger partial charge is 0.491 e. The maximum absolute atomic E-state index is 12.2. The summed E-state index contributed by atoms with van der Waals surface area (Å²) >= 11 is 0. The average molecular weight is 370 g/mol. The molecular formula is C23H31NO3. The third-order valence-electron chi connectivity index (χ3n) is 4.54. The summed E-state index contributed by atoms with van der Waals surface area (Å²) < 4.78 is 11.6. The molecule has 27 heavy (non-hydrogen) atoms. The first-order valence-electron chi connectivity index (χ1n) is 9.49. The Balaban J connectivity index is 1.83. The molecule has 1 unspecified atom stereocenters. The molecule has 2 aromatic rings. The van der Waals surface area contributed by atoms with Crippen LogP contribution in [0.5, 0.6) is 11.5 Å². The highest BCUT2D eigenvalue weighted by atomic mass is 16.5. The van der Waals surface area contributed by atoms with Gasteiger partial charge in [-0.15, -0.1) is 0 Å². The molecule has 1 N–H and O–H groups in total. The van der Waals surface area contributed by atoms with Gasteiger partial charge in [-0.1, -0.05) is 32.0 Å². The van der Waals surface area contributed by atoms with Crippen LogP contribution in [0.15, 0.2) is 36.4 Å². The van der Waals surface area contributed by atoms with Crippen LogP contribution in [0.1, 0.15) is 48.9 Å². The molecule has 0 fully saturated rings. The second-order valence-corrected chi connectivity index (χ2v) is 7.51. The van der Waals surface area contributed by atoms with Gasteiger partial charge < -0.3 is 14.8 Å². The summed E-state index contributed by atoms with van der Waals surface area (Å²) in [4.78, 5) is 12.2. The van der Waals surface area contributed by atoms with Crippen molar-refractivity contribution in [1.29, 1.82) is 0 Å². The predicted molar refractivity (Wildman–Crippen MR) is 110 cm³/mol. The fourth-order valence-electron chi connectivity index (χ4n) is 2.77. The minimum Gasteiger partial charge on any atom is -0.491 e. The number of rotatable bonds is 8. The number of carbonyl (C=O) groups is 1. The lowest BCUT2D eigenvalue weighted by Gasteiger charge is -2.17. The van der Waals surface area contributed by atoms with E-state index in [0.29, 0.717) is 12.5 Å². The third kappa shape index (κ3) is 6.31. The molecule has 2 rings (SSSR count). The maximum atomic E-state index is 12.2. The molecule has 0 spiro atoms. The van der Waals surface area contributed by atoms with Gasteiger partial charge in [0.1, 0.15) is 18.1 Å². The van der Waals surface area contributed by atoms with Crippen LogP contribution in [0, 0.1) is 20.8 Å². The topological polar surface area (TPSA) is 47.6 Å². The van der Waals surface area contributed by atoms with Gasteiger partial charge in [0.05, 0.1) is 6.04 Å². The zero-order valence-electron chi connectivity index (χ0n) is 17.3. The third-order valence-corrected chi connectivity index (χ3v) is 4.54. The first kappa shape index (κ1) is 20.8. The molecule has 0 saturated heterocycles. The Kier molecular flexibility index (Phi) is 7.28. The van der Waals surface area contributed by atoms with E-state index in [2.05, 4.69) is 45.1 Å². The summed E-state index contributed by atoms with van der Waals surface area (Å²) in [5, 5.41) is 2.92. The number of nitrogens with one attached hydrogen (secondary N) is 1. The minimum atomic E-state index is -0.151. The lowest BCUT2D eigenvalue weighted by molar-refractivity contribution is -0.123. The van der Waals surface area contributed by atoms with Crippen LogP contribution in [-0.4, -0.2) is 25.2 Å². The molecular weight excluding hydrogens is 338 g/mol. The van der Waals surface area contributed by atoms with Crippen molar-refractivity contribution in [1.82, 2.24) is 5.32 Å². The lowest BCUT2D eigenvalue weighted by Crippen LogP contribution is -2.39. The normalized spacial score (nSPS) is 12.0. The number of hydrogen-bond donors (Lipinski definition) is 1. The Morgan fingerprint density at radius 1 is 0.963 bits per heavy atom. The Morgan fingerprint density at radius 3 is 2.37 bits per heavy atom. The highest BCUT2D eigenvalue weighted by molar-refractivity contribution is 5.77. The van der Waals surface area contributed by atoms with Crippen LogP contribution in [-0.2, 0) is 4.79 Å². The summed E-state index contributed by atoms with van der Waals surface area (Å²) in [6, 6.07) is 12.0. The highest BCUT2D eigenvalue weighted by Gasteiger charge is 2.12. The zero-order chi connectivity index (χ0) is 20.0. The minimum absolute atomic E-state index is 0.00282. The second-order valence-electron chi connectivity index (χ2n) is 7.51. The molecule has 1 atom stereocenters. The predicted octanol–water partition coefficient (Wildman–Crippen LogP) is 4.70. The van der Waals surface area contributed by atoms with Crippen molar-refractivity contribution in [3.05, 3.63) is 58.7 Å². The van der Waals surface area contributed by atoms with Crippen molar-refractivity contribution in [3.63, 3.8) is 0 Å². The zero-order valence-corrected chi connectivity index (χ0v) is 17.3. The molecule has 0 bridgehead atoms. The Bertz CT molecular complexity index is 783. The van der Waals surface area contributed by atoms with Gasteiger partial charge in [0.25, 0.3) is 5.91 Å². The van der Waals surface area contributed by atoms with E-state index in [0.717, 1.165) is 22.6 Å². The molecule has 4 nitrogen and oxygen atoms in total. The highest BCUT2D eigenvalue weighted by Crippen LogP contribution is 2.27. The van der Waals surface area contributed by atoms with E-state index in [-0.39, 0.29) is 18.6 Å². The first-order chi connectivity index (χ1) is 12.8. The number of aryl methyl sites for hydroxylation is 3. The van der Waals surface area contributed by atoms with Crippen molar-refractivity contribution in [2.24, 2.45) is 0 Å². The van der Waals surface area contributed by atoms with E-state index in [1.54, 1.807) is 0 Å². The molecule has 1 amide bonds. The molecule has 146 valence electrons. The summed E-state index contributed by atoms with van der Waals surface area (Å²) in [5.41, 5.74) is 4.65. The summed E-state index contributed by atoms with van der Waals surface area (Å²) in [6.45, 7) is 12.7. The monoisotopic (exact) mass is 369 g/mol. The van der Waals surface area contributed by atoms with Crippen molar-refractivity contribution < 1.29 is 14.3 Å². The smallest absolute Gasteiger partial charge is 0.258 e. The molecule has 4 heteroatoms. The van der Waals surface area contributed by atoms with Gasteiger partial charge in [-0.2, -0.15) is 0 Å². The van der Waals surface area contributed by atoms with E-state index < -0.39 is 0 Å². The van der Waals surface area contributed by atoms with Crippen LogP contribution < -0.4 is 14.8 Å². The van der Waals surface area contributed by atoms with Gasteiger partial charge in [-0.25, -0.2) is 0 Å². The Hall–Kier alpha value is -2.49. The van der Waals surface area contributed by atoms with Crippen LogP contribution in [0.2, 0.25) is 0 Å². The second kappa shape index (κ2) is 9.45. The van der Waals surface area contributed by atoms with Crippen LogP contribution >= 0.6 is 0 Å². The van der Waals surface area contributed by atoms with Crippen molar-refractivity contribution >= 4 is 5.91 Å². The van der Waals surface area contributed by atoms with Crippen LogP contribution in [0.25, 0.3) is 0 Å². The SMILES string of the molecule is Cc1ccc(C(C)C)c(OCC(=O)NC(C)COc2ccc(C)c(C)c2)c1. The molecule has 0 aromatic heterocycles. The van der Waals surface area contributed by atoms with Crippen LogP contribution in [0.3, 0.4) is 0 Å². The molecule has 0 aliphatic carbocycles. The van der Waals surface area contributed by atoms with Gasteiger partial charge >= 0.3 is 0 Å². The Morgan fingerprint density at radius 2 is 1.70 bits per heavy atom. The van der Waals surface area contributed by atoms with E-state index >= 15 is 0 Å². The number of hydrogen-bond acceptors (Lipinski definition) is 3. The molecule has 2 aromatic carbocycles. The van der Waals surface area contributed by atoms with Crippen molar-refractivity contribution in [2.45, 2.75) is 53.5 Å². The molecule has 0 saturated carbocycles. The van der Waals surface area contributed by atoms with Gasteiger partial charge in [-0.05, 0) is 74.1 Å². The lowest BCUT2D eigenvalue weighted by atomic mass is 10.0. The quantitative estimate of drug-likeness (QED) is 0.734. The van der Waals surface area contributed by atoms with E-state index in [1.165, 1.54) is 11.1 Å².